The second-order valence-electron chi connectivity index (χ2n) is 6.62. The molecule has 0 aliphatic carbocycles. The first-order valence-corrected chi connectivity index (χ1v) is 9.11. The Labute approximate surface area is 167 Å². The second-order valence-corrected chi connectivity index (χ2v) is 6.62. The molecule has 0 aliphatic heterocycles. The SMILES string of the molecule is Cc1cc(C)nc(Nc2cccc(Nc3ccc(-c4ccc(F)cc4)nn3)c2)n1. The molecule has 144 valence electrons. The van der Waals surface area contributed by atoms with Gasteiger partial charge < -0.3 is 10.6 Å². The van der Waals surface area contributed by atoms with Gasteiger partial charge in [-0.3, -0.25) is 0 Å². The molecule has 0 unspecified atom stereocenters. The zero-order valence-corrected chi connectivity index (χ0v) is 16.0. The molecule has 6 nitrogen and oxygen atoms in total. The van der Waals surface area contributed by atoms with Gasteiger partial charge in [0.2, 0.25) is 5.95 Å². The number of benzene rings is 2. The Balaban J connectivity index is 1.48. The van der Waals surface area contributed by atoms with Gasteiger partial charge in [0.25, 0.3) is 0 Å². The van der Waals surface area contributed by atoms with Crippen LogP contribution in [-0.2, 0) is 0 Å². The average Bonchev–Trinajstić information content (AvgIpc) is 2.69. The second kappa shape index (κ2) is 8.02. The van der Waals surface area contributed by atoms with E-state index in [1.54, 1.807) is 12.1 Å². The highest BCUT2D eigenvalue weighted by atomic mass is 19.1. The standard InChI is InChI=1S/C22H19FN6/c1-14-12-15(2)25-22(24-14)27-19-5-3-4-18(13-19)26-21-11-10-20(28-29-21)16-6-8-17(23)9-7-16/h3-13H,1-2H3,(H,26,29)(H,24,25,27). The van der Waals surface area contributed by atoms with Gasteiger partial charge in [0, 0.05) is 28.3 Å². The van der Waals surface area contributed by atoms with E-state index in [2.05, 4.69) is 30.8 Å². The largest absolute Gasteiger partial charge is 0.339 e. The van der Waals surface area contributed by atoms with Crippen LogP contribution in [-0.4, -0.2) is 20.2 Å². The van der Waals surface area contributed by atoms with Crippen molar-refractivity contribution in [1.29, 1.82) is 0 Å². The summed E-state index contributed by atoms with van der Waals surface area (Å²) in [5, 5.41) is 14.9. The Morgan fingerprint density at radius 2 is 1.41 bits per heavy atom. The molecule has 0 saturated carbocycles. The van der Waals surface area contributed by atoms with Crippen molar-refractivity contribution in [2.45, 2.75) is 13.8 Å². The van der Waals surface area contributed by atoms with Gasteiger partial charge in [0.05, 0.1) is 5.69 Å². The van der Waals surface area contributed by atoms with Crippen LogP contribution < -0.4 is 10.6 Å². The van der Waals surface area contributed by atoms with Crippen LogP contribution in [0, 0.1) is 19.7 Å². The molecule has 0 amide bonds. The van der Waals surface area contributed by atoms with Gasteiger partial charge in [-0.2, -0.15) is 0 Å². The molecular weight excluding hydrogens is 367 g/mol. The van der Waals surface area contributed by atoms with E-state index in [1.807, 2.05) is 56.3 Å². The minimum atomic E-state index is -0.278. The fraction of sp³-hybridized carbons (Fsp3) is 0.0909. The summed E-state index contributed by atoms with van der Waals surface area (Å²) in [6.45, 7) is 3.87. The molecule has 2 aromatic carbocycles. The van der Waals surface area contributed by atoms with Crippen molar-refractivity contribution in [3.63, 3.8) is 0 Å². The number of anilines is 4. The molecule has 2 N–H and O–H groups in total. The highest BCUT2D eigenvalue weighted by molar-refractivity contribution is 5.66. The molecule has 2 aromatic heterocycles. The number of hydrogen-bond acceptors (Lipinski definition) is 6. The molecule has 7 heteroatoms. The van der Waals surface area contributed by atoms with Gasteiger partial charge >= 0.3 is 0 Å². The van der Waals surface area contributed by atoms with Gasteiger partial charge in [-0.15, -0.1) is 10.2 Å². The first-order valence-electron chi connectivity index (χ1n) is 9.11. The first-order chi connectivity index (χ1) is 14.0. The van der Waals surface area contributed by atoms with Crippen LogP contribution in [0.25, 0.3) is 11.3 Å². The smallest absolute Gasteiger partial charge is 0.227 e. The summed E-state index contributed by atoms with van der Waals surface area (Å²) in [5.74, 6) is 0.887. The van der Waals surface area contributed by atoms with Gasteiger partial charge in [-0.25, -0.2) is 14.4 Å². The van der Waals surface area contributed by atoms with Crippen LogP contribution in [0.5, 0.6) is 0 Å². The van der Waals surface area contributed by atoms with Crippen molar-refractivity contribution in [2.75, 3.05) is 10.6 Å². The summed E-state index contributed by atoms with van der Waals surface area (Å²) in [4.78, 5) is 8.80. The quantitative estimate of drug-likeness (QED) is 0.492. The van der Waals surface area contributed by atoms with Crippen molar-refractivity contribution in [3.8, 4) is 11.3 Å². The van der Waals surface area contributed by atoms with Crippen LogP contribution >= 0.6 is 0 Å². The minimum Gasteiger partial charge on any atom is -0.339 e. The highest BCUT2D eigenvalue weighted by Gasteiger charge is 2.04. The number of hydrogen-bond donors (Lipinski definition) is 2. The predicted octanol–water partition coefficient (Wildman–Crippen LogP) is 5.18. The fourth-order valence-electron chi connectivity index (χ4n) is 2.91. The number of halogens is 1. The van der Waals surface area contributed by atoms with E-state index < -0.39 is 0 Å². The van der Waals surface area contributed by atoms with Gasteiger partial charge in [-0.1, -0.05) is 6.07 Å². The number of aryl methyl sites for hydroxylation is 2. The van der Waals surface area contributed by atoms with Crippen molar-refractivity contribution in [3.05, 3.63) is 83.9 Å². The van der Waals surface area contributed by atoms with E-state index >= 15 is 0 Å². The summed E-state index contributed by atoms with van der Waals surface area (Å²) in [6.07, 6.45) is 0. The lowest BCUT2D eigenvalue weighted by atomic mass is 10.1. The molecule has 0 spiro atoms. The lowest BCUT2D eigenvalue weighted by Crippen LogP contribution is -2.01. The molecule has 0 fully saturated rings. The third-order valence-corrected chi connectivity index (χ3v) is 4.18. The summed E-state index contributed by atoms with van der Waals surface area (Å²) >= 11 is 0. The summed E-state index contributed by atoms with van der Waals surface area (Å²) in [6, 6.07) is 19.5. The minimum absolute atomic E-state index is 0.278. The van der Waals surface area contributed by atoms with Crippen molar-refractivity contribution in [1.82, 2.24) is 20.2 Å². The highest BCUT2D eigenvalue weighted by Crippen LogP contribution is 2.22. The first kappa shape index (κ1) is 18.5. The van der Waals surface area contributed by atoms with E-state index in [0.29, 0.717) is 17.5 Å². The Morgan fingerprint density at radius 3 is 2.07 bits per heavy atom. The molecule has 0 radical (unpaired) electrons. The maximum atomic E-state index is 13.1. The lowest BCUT2D eigenvalue weighted by molar-refractivity contribution is 0.628. The molecule has 0 saturated heterocycles. The van der Waals surface area contributed by atoms with Crippen LogP contribution in [0.15, 0.2) is 66.7 Å². The number of rotatable bonds is 5. The van der Waals surface area contributed by atoms with E-state index in [1.165, 1.54) is 12.1 Å². The number of nitrogens with zero attached hydrogens (tertiary/aromatic N) is 4. The zero-order valence-electron chi connectivity index (χ0n) is 16.0. The van der Waals surface area contributed by atoms with Crippen LogP contribution in [0.3, 0.4) is 0 Å². The summed E-state index contributed by atoms with van der Waals surface area (Å²) in [7, 11) is 0. The van der Waals surface area contributed by atoms with Crippen LogP contribution in [0.2, 0.25) is 0 Å². The molecule has 0 atom stereocenters. The molecule has 0 bridgehead atoms. The third kappa shape index (κ3) is 4.70. The molecule has 4 rings (SSSR count). The summed E-state index contributed by atoms with van der Waals surface area (Å²) < 4.78 is 13.1. The van der Waals surface area contributed by atoms with Crippen LogP contribution in [0.4, 0.5) is 27.5 Å². The fourth-order valence-corrected chi connectivity index (χ4v) is 2.91. The van der Waals surface area contributed by atoms with Crippen molar-refractivity contribution in [2.24, 2.45) is 0 Å². The Bertz CT molecular complexity index is 1110. The van der Waals surface area contributed by atoms with Gasteiger partial charge in [-0.05, 0) is 74.5 Å². The monoisotopic (exact) mass is 386 g/mol. The zero-order chi connectivity index (χ0) is 20.2. The third-order valence-electron chi connectivity index (χ3n) is 4.18. The average molecular weight is 386 g/mol. The summed E-state index contributed by atoms with van der Waals surface area (Å²) in [5.41, 5.74) is 5.01. The van der Waals surface area contributed by atoms with Crippen LogP contribution in [0.1, 0.15) is 11.4 Å². The Hall–Kier alpha value is -3.87. The Morgan fingerprint density at radius 1 is 0.724 bits per heavy atom. The molecule has 29 heavy (non-hydrogen) atoms. The maximum Gasteiger partial charge on any atom is 0.227 e. The molecule has 4 aromatic rings. The number of aromatic nitrogens is 4. The molecule has 0 aliphatic rings. The normalized spacial score (nSPS) is 10.6. The van der Waals surface area contributed by atoms with E-state index in [4.69, 9.17) is 0 Å². The lowest BCUT2D eigenvalue weighted by Gasteiger charge is -2.10. The van der Waals surface area contributed by atoms with Gasteiger partial charge in [0.15, 0.2) is 5.82 Å². The maximum absolute atomic E-state index is 13.1. The molecule has 2 heterocycles. The predicted molar refractivity (Wildman–Crippen MR) is 112 cm³/mol. The topological polar surface area (TPSA) is 75.6 Å². The van der Waals surface area contributed by atoms with Crippen molar-refractivity contribution >= 4 is 23.1 Å². The molecular formula is C22H19FN6. The van der Waals surface area contributed by atoms with E-state index in [0.717, 1.165) is 28.3 Å². The van der Waals surface area contributed by atoms with E-state index in [-0.39, 0.29) is 5.82 Å². The Kier molecular flexibility index (Phi) is 5.11. The van der Waals surface area contributed by atoms with Crippen molar-refractivity contribution < 1.29 is 4.39 Å². The van der Waals surface area contributed by atoms with E-state index in [9.17, 15) is 4.39 Å². The van der Waals surface area contributed by atoms with Gasteiger partial charge in [0.1, 0.15) is 5.82 Å². The number of nitrogens with one attached hydrogen (secondary N) is 2.